The number of carbonyl (C=O) groups excluding carboxylic acids is 1. The fraction of sp³-hybridized carbons (Fsp3) is 0.400. The van der Waals surface area contributed by atoms with Crippen molar-refractivity contribution in [2.24, 2.45) is 0 Å². The third-order valence-electron chi connectivity index (χ3n) is 4.67. The number of sulfone groups is 1. The zero-order chi connectivity index (χ0) is 19.4. The first-order chi connectivity index (χ1) is 12.9. The van der Waals surface area contributed by atoms with Gasteiger partial charge in [0.15, 0.2) is 9.84 Å². The third kappa shape index (κ3) is 4.86. The standard InChI is InChI=1S/C20H25N3O3S/c1-14(2)15-5-9-18(10-6-15)27(25,26)19(16-4-3-11-21-12-16)13-22-20(24)23-17-7-8-17/h3-6,9-12,14,17,19H,7-8,13H2,1-2H3,(H2,22,23,24). The molecule has 1 aliphatic rings. The van der Waals surface area contributed by atoms with Crippen molar-refractivity contribution in [3.63, 3.8) is 0 Å². The molecule has 7 heteroatoms. The number of amides is 2. The summed E-state index contributed by atoms with van der Waals surface area (Å²) < 4.78 is 26.5. The Balaban J connectivity index is 1.84. The van der Waals surface area contributed by atoms with Crippen LogP contribution in [0.25, 0.3) is 0 Å². The number of hydrogen-bond acceptors (Lipinski definition) is 4. The molecule has 1 saturated carbocycles. The van der Waals surface area contributed by atoms with E-state index in [2.05, 4.69) is 29.5 Å². The van der Waals surface area contributed by atoms with Crippen LogP contribution in [-0.4, -0.2) is 32.0 Å². The normalized spacial score (nSPS) is 15.4. The van der Waals surface area contributed by atoms with Crippen LogP contribution in [0, 0.1) is 0 Å². The Morgan fingerprint density at radius 3 is 2.41 bits per heavy atom. The molecule has 1 aromatic heterocycles. The summed E-state index contributed by atoms with van der Waals surface area (Å²) in [6, 6.07) is 10.2. The van der Waals surface area contributed by atoms with Gasteiger partial charge < -0.3 is 10.6 Å². The van der Waals surface area contributed by atoms with E-state index in [-0.39, 0.29) is 23.5 Å². The molecule has 1 fully saturated rings. The van der Waals surface area contributed by atoms with Gasteiger partial charge in [-0.25, -0.2) is 13.2 Å². The van der Waals surface area contributed by atoms with E-state index in [0.29, 0.717) is 11.5 Å². The SMILES string of the molecule is CC(C)c1ccc(S(=O)(=O)C(CNC(=O)NC2CC2)c2cccnc2)cc1. The van der Waals surface area contributed by atoms with Crippen molar-refractivity contribution in [3.05, 3.63) is 59.9 Å². The van der Waals surface area contributed by atoms with Gasteiger partial charge in [0.05, 0.1) is 4.90 Å². The summed E-state index contributed by atoms with van der Waals surface area (Å²) >= 11 is 0. The number of benzene rings is 1. The first-order valence-corrected chi connectivity index (χ1v) is 10.7. The lowest BCUT2D eigenvalue weighted by Crippen LogP contribution is -2.40. The topological polar surface area (TPSA) is 88.2 Å². The Labute approximate surface area is 160 Å². The van der Waals surface area contributed by atoms with Crippen molar-refractivity contribution >= 4 is 15.9 Å². The van der Waals surface area contributed by atoms with Crippen LogP contribution in [0.1, 0.15) is 49.0 Å². The van der Waals surface area contributed by atoms with Crippen molar-refractivity contribution in [2.45, 2.75) is 48.8 Å². The van der Waals surface area contributed by atoms with E-state index in [9.17, 15) is 13.2 Å². The molecule has 27 heavy (non-hydrogen) atoms. The summed E-state index contributed by atoms with van der Waals surface area (Å²) in [5.74, 6) is 0.323. The quantitative estimate of drug-likeness (QED) is 0.764. The molecule has 0 bridgehead atoms. The van der Waals surface area contributed by atoms with Crippen LogP contribution in [0.2, 0.25) is 0 Å². The molecule has 0 aliphatic heterocycles. The highest BCUT2D eigenvalue weighted by molar-refractivity contribution is 7.91. The molecular formula is C20H25N3O3S. The van der Waals surface area contributed by atoms with E-state index < -0.39 is 15.1 Å². The smallest absolute Gasteiger partial charge is 0.315 e. The first-order valence-electron chi connectivity index (χ1n) is 9.16. The molecule has 0 spiro atoms. The molecule has 1 unspecified atom stereocenters. The maximum atomic E-state index is 13.3. The number of urea groups is 1. The molecule has 2 amide bonds. The predicted molar refractivity (Wildman–Crippen MR) is 104 cm³/mol. The first kappa shape index (κ1) is 19.4. The molecule has 2 N–H and O–H groups in total. The van der Waals surface area contributed by atoms with Crippen LogP contribution in [0.15, 0.2) is 53.7 Å². The van der Waals surface area contributed by atoms with E-state index in [0.717, 1.165) is 18.4 Å². The largest absolute Gasteiger partial charge is 0.336 e. The van der Waals surface area contributed by atoms with Gasteiger partial charge in [-0.1, -0.05) is 32.0 Å². The number of rotatable bonds is 7. The van der Waals surface area contributed by atoms with Gasteiger partial charge in [-0.3, -0.25) is 4.98 Å². The van der Waals surface area contributed by atoms with Crippen LogP contribution in [0.4, 0.5) is 4.79 Å². The van der Waals surface area contributed by atoms with E-state index in [4.69, 9.17) is 0 Å². The van der Waals surface area contributed by atoms with Gasteiger partial charge >= 0.3 is 6.03 Å². The molecule has 1 atom stereocenters. The van der Waals surface area contributed by atoms with E-state index in [1.165, 1.54) is 6.20 Å². The minimum atomic E-state index is -3.69. The Morgan fingerprint density at radius 2 is 1.85 bits per heavy atom. The van der Waals surface area contributed by atoms with Gasteiger partial charge in [0.25, 0.3) is 0 Å². The molecule has 0 saturated heterocycles. The molecule has 6 nitrogen and oxygen atoms in total. The maximum absolute atomic E-state index is 13.3. The van der Waals surface area contributed by atoms with Crippen LogP contribution in [0.5, 0.6) is 0 Å². The average molecular weight is 388 g/mol. The number of carbonyl (C=O) groups is 1. The molecular weight excluding hydrogens is 362 g/mol. The molecule has 0 radical (unpaired) electrons. The van der Waals surface area contributed by atoms with Crippen molar-refractivity contribution < 1.29 is 13.2 Å². The second-order valence-corrected chi connectivity index (χ2v) is 9.30. The third-order valence-corrected chi connectivity index (χ3v) is 6.78. The summed E-state index contributed by atoms with van der Waals surface area (Å²) in [5, 5.41) is 4.61. The predicted octanol–water partition coefficient (Wildman–Crippen LogP) is 3.18. The lowest BCUT2D eigenvalue weighted by Gasteiger charge is -2.19. The summed E-state index contributed by atoms with van der Waals surface area (Å²) in [6.45, 7) is 4.10. The zero-order valence-corrected chi connectivity index (χ0v) is 16.4. The van der Waals surface area contributed by atoms with E-state index >= 15 is 0 Å². The van der Waals surface area contributed by atoms with E-state index in [1.54, 1.807) is 30.5 Å². The van der Waals surface area contributed by atoms with Crippen molar-refractivity contribution in [3.8, 4) is 0 Å². The molecule has 1 aromatic carbocycles. The minimum absolute atomic E-state index is 0.0154. The Kier molecular flexibility index (Phi) is 5.79. The lowest BCUT2D eigenvalue weighted by molar-refractivity contribution is 0.240. The second-order valence-electron chi connectivity index (χ2n) is 7.17. The summed E-state index contributed by atoms with van der Waals surface area (Å²) in [7, 11) is -3.69. The van der Waals surface area contributed by atoms with Crippen LogP contribution >= 0.6 is 0 Å². The molecule has 3 rings (SSSR count). The van der Waals surface area contributed by atoms with Crippen LogP contribution < -0.4 is 10.6 Å². The monoisotopic (exact) mass is 387 g/mol. The Hall–Kier alpha value is -2.41. The van der Waals surface area contributed by atoms with E-state index in [1.807, 2.05) is 12.1 Å². The number of hydrogen-bond donors (Lipinski definition) is 2. The maximum Gasteiger partial charge on any atom is 0.315 e. The Bertz CT molecular complexity index is 876. The highest BCUT2D eigenvalue weighted by atomic mass is 32.2. The fourth-order valence-electron chi connectivity index (χ4n) is 2.83. The van der Waals surface area contributed by atoms with Crippen molar-refractivity contribution in [2.75, 3.05) is 6.54 Å². The number of aromatic nitrogens is 1. The molecule has 144 valence electrons. The summed E-state index contributed by atoms with van der Waals surface area (Å²) in [5.41, 5.74) is 1.63. The molecule has 2 aromatic rings. The minimum Gasteiger partial charge on any atom is -0.336 e. The van der Waals surface area contributed by atoms with Gasteiger partial charge in [0, 0.05) is 25.0 Å². The second kappa shape index (κ2) is 8.08. The summed E-state index contributed by atoms with van der Waals surface area (Å²) in [6.07, 6.45) is 5.07. The average Bonchev–Trinajstić information content (AvgIpc) is 3.46. The molecule has 1 heterocycles. The highest BCUT2D eigenvalue weighted by Crippen LogP contribution is 2.29. The van der Waals surface area contributed by atoms with Crippen LogP contribution in [-0.2, 0) is 9.84 Å². The van der Waals surface area contributed by atoms with Gasteiger partial charge in [0.2, 0.25) is 0 Å². The zero-order valence-electron chi connectivity index (χ0n) is 15.6. The number of nitrogens with one attached hydrogen (secondary N) is 2. The summed E-state index contributed by atoms with van der Waals surface area (Å²) in [4.78, 5) is 16.3. The fourth-order valence-corrected chi connectivity index (χ4v) is 4.47. The molecule has 1 aliphatic carbocycles. The van der Waals surface area contributed by atoms with Crippen molar-refractivity contribution in [1.82, 2.24) is 15.6 Å². The van der Waals surface area contributed by atoms with Gasteiger partial charge in [-0.2, -0.15) is 0 Å². The van der Waals surface area contributed by atoms with Gasteiger partial charge in [0.1, 0.15) is 5.25 Å². The van der Waals surface area contributed by atoms with Gasteiger partial charge in [-0.15, -0.1) is 0 Å². The lowest BCUT2D eigenvalue weighted by atomic mass is 10.0. The number of pyridine rings is 1. The highest BCUT2D eigenvalue weighted by Gasteiger charge is 2.30. The van der Waals surface area contributed by atoms with Gasteiger partial charge in [-0.05, 0) is 48.1 Å². The van der Waals surface area contributed by atoms with Crippen molar-refractivity contribution in [1.29, 1.82) is 0 Å². The van der Waals surface area contributed by atoms with Crippen LogP contribution in [0.3, 0.4) is 0 Å². The number of nitrogens with zero attached hydrogens (tertiary/aromatic N) is 1. The Morgan fingerprint density at radius 1 is 1.15 bits per heavy atom.